The molecule has 1 aromatic carbocycles. The van der Waals surface area contributed by atoms with Gasteiger partial charge in [0, 0.05) is 36.6 Å². The largest absolute Gasteiger partial charge is 0.481 e. The number of fused-ring (bicyclic) bond motifs is 1. The van der Waals surface area contributed by atoms with Gasteiger partial charge in [-0.25, -0.2) is 4.79 Å². The molecular weight excluding hydrogens is 691 g/mol. The minimum Gasteiger partial charge on any atom is -0.481 e. The van der Waals surface area contributed by atoms with Gasteiger partial charge in [0.1, 0.15) is 29.8 Å². The molecule has 0 aliphatic carbocycles. The number of aliphatic hydroxyl groups excluding tert-OH is 1. The zero-order valence-corrected chi connectivity index (χ0v) is 27.8. The molecule has 0 aliphatic heterocycles. The monoisotopic (exact) mass is 729 g/mol. The van der Waals surface area contributed by atoms with Crippen LogP contribution in [-0.2, 0) is 39.7 Å². The van der Waals surface area contributed by atoms with Gasteiger partial charge in [-0.2, -0.15) is 13.2 Å². The van der Waals surface area contributed by atoms with Gasteiger partial charge in [0.2, 0.25) is 29.5 Å². The number of hydrogen-bond acceptors (Lipinski definition) is 10. The number of alkyl halides is 3. The van der Waals surface area contributed by atoms with Crippen LogP contribution in [0.2, 0.25) is 0 Å². The molecule has 1 aromatic heterocycles. The van der Waals surface area contributed by atoms with Crippen molar-refractivity contribution in [3.05, 3.63) is 40.2 Å². The van der Waals surface area contributed by atoms with Crippen LogP contribution in [0.5, 0.6) is 0 Å². The molecule has 17 nitrogen and oxygen atoms in total. The van der Waals surface area contributed by atoms with Gasteiger partial charge in [-0.15, -0.1) is 0 Å². The highest BCUT2D eigenvalue weighted by atomic mass is 19.4. The summed E-state index contributed by atoms with van der Waals surface area (Å²) in [6, 6.07) is -3.52. The highest BCUT2D eigenvalue weighted by Gasteiger charge is 2.36. The number of rotatable bonds is 17. The summed E-state index contributed by atoms with van der Waals surface area (Å²) in [4.78, 5) is 98.7. The predicted molar refractivity (Wildman–Crippen MR) is 170 cm³/mol. The first-order valence-corrected chi connectivity index (χ1v) is 15.3. The fraction of sp³-hybridized carbons (Fsp3) is 0.484. The van der Waals surface area contributed by atoms with Gasteiger partial charge in [-0.05, 0) is 37.8 Å². The highest BCUT2D eigenvalue weighted by molar-refractivity contribution is 6.01. The van der Waals surface area contributed by atoms with Crippen molar-refractivity contribution in [1.82, 2.24) is 21.3 Å². The molecule has 2 rings (SSSR count). The molecule has 0 aliphatic rings. The number of carbonyl (C=O) groups is 7. The Bertz CT molecular complexity index is 1710. The highest BCUT2D eigenvalue weighted by Crippen LogP contribution is 2.34. The summed E-state index contributed by atoms with van der Waals surface area (Å²) in [5.41, 5.74) is -3.47. The van der Waals surface area contributed by atoms with Crippen LogP contribution in [0.1, 0.15) is 58.9 Å². The fourth-order valence-corrected chi connectivity index (χ4v) is 4.77. The Morgan fingerprint density at radius 1 is 0.804 bits per heavy atom. The number of carbonyl (C=O) groups excluding carboxylic acids is 5. The Labute approximate surface area is 287 Å². The molecule has 280 valence electrons. The summed E-state index contributed by atoms with van der Waals surface area (Å²) >= 11 is 0. The number of nitrogens with one attached hydrogen (secondary N) is 5. The number of carboxylic acids is 2. The summed E-state index contributed by atoms with van der Waals surface area (Å²) in [6.45, 7) is 5.73. The molecule has 5 atom stereocenters. The molecule has 8 N–H and O–H groups in total. The molecule has 0 saturated heterocycles. The maximum absolute atomic E-state index is 13.4. The van der Waals surface area contributed by atoms with Crippen LogP contribution >= 0.6 is 0 Å². The number of benzene rings is 1. The van der Waals surface area contributed by atoms with Gasteiger partial charge in [0.05, 0.1) is 18.1 Å². The van der Waals surface area contributed by atoms with Gasteiger partial charge < -0.3 is 46.3 Å². The van der Waals surface area contributed by atoms with Crippen molar-refractivity contribution in [2.45, 2.75) is 89.8 Å². The molecule has 0 saturated carbocycles. The van der Waals surface area contributed by atoms with Gasteiger partial charge in [0.25, 0.3) is 0 Å². The van der Waals surface area contributed by atoms with E-state index >= 15 is 0 Å². The molecule has 20 heteroatoms. The van der Waals surface area contributed by atoms with Crippen molar-refractivity contribution in [2.24, 2.45) is 5.92 Å². The Morgan fingerprint density at radius 2 is 1.41 bits per heavy atom. The third kappa shape index (κ3) is 13.0. The average molecular weight is 730 g/mol. The second-order valence-electron chi connectivity index (χ2n) is 11.9. The van der Waals surface area contributed by atoms with Gasteiger partial charge in [-0.3, -0.25) is 33.6 Å². The molecule has 0 fully saturated rings. The second kappa shape index (κ2) is 17.9. The Morgan fingerprint density at radius 3 is 1.94 bits per heavy atom. The van der Waals surface area contributed by atoms with Crippen LogP contribution in [0.4, 0.5) is 18.9 Å². The zero-order chi connectivity index (χ0) is 38.8. The van der Waals surface area contributed by atoms with E-state index in [1.165, 1.54) is 0 Å². The second-order valence-corrected chi connectivity index (χ2v) is 11.9. The van der Waals surface area contributed by atoms with E-state index in [1.54, 1.807) is 13.8 Å². The molecule has 5 amide bonds. The maximum atomic E-state index is 13.4. The van der Waals surface area contributed by atoms with Crippen LogP contribution in [0.25, 0.3) is 11.0 Å². The number of aliphatic carboxylic acids is 2. The van der Waals surface area contributed by atoms with E-state index in [9.17, 15) is 61.7 Å². The van der Waals surface area contributed by atoms with Crippen LogP contribution in [-0.4, -0.2) is 87.1 Å². The predicted octanol–water partition coefficient (Wildman–Crippen LogP) is 0.476. The molecule has 0 radical (unpaired) electrons. The first-order valence-electron chi connectivity index (χ1n) is 15.3. The lowest BCUT2D eigenvalue weighted by Gasteiger charge is -2.27. The summed E-state index contributed by atoms with van der Waals surface area (Å²) in [6.07, 6.45) is -8.66. The van der Waals surface area contributed by atoms with E-state index in [0.29, 0.717) is 0 Å². The maximum Gasteiger partial charge on any atom is 0.417 e. The third-order valence-electron chi connectivity index (χ3n) is 7.07. The number of halogens is 3. The molecule has 0 bridgehead atoms. The van der Waals surface area contributed by atoms with Crippen LogP contribution in [0.3, 0.4) is 0 Å². The number of amides is 5. The molecule has 0 unspecified atom stereocenters. The summed E-state index contributed by atoms with van der Waals surface area (Å²) in [5, 5.41) is 39.5. The van der Waals surface area contributed by atoms with Gasteiger partial charge in [0.15, 0.2) is 0 Å². The molecule has 1 heterocycles. The minimum absolute atomic E-state index is 0.0951. The van der Waals surface area contributed by atoms with Crippen molar-refractivity contribution < 1.29 is 66.5 Å². The van der Waals surface area contributed by atoms with Crippen LogP contribution in [0, 0.1) is 5.92 Å². The summed E-state index contributed by atoms with van der Waals surface area (Å²) < 4.78 is 45.0. The summed E-state index contributed by atoms with van der Waals surface area (Å²) in [5.74, 6) is -8.09. The SMILES string of the molecule is CC(=O)N[C@H](CC(C)C)C(=O)N[C@H](CCC(=O)O)C(=O)N[C@H](C(=O)N[C@@H](CC(=O)O)C(=O)Nc1ccc2c(C(F)(F)F)cc(=O)oc2c1)[C@@H](C)O. The Balaban J connectivity index is 2.31. The molecular formula is C31H38F3N5O12. The third-order valence-corrected chi connectivity index (χ3v) is 7.07. The fourth-order valence-electron chi connectivity index (χ4n) is 4.77. The zero-order valence-electron chi connectivity index (χ0n) is 27.8. The van der Waals surface area contributed by atoms with E-state index in [1.807, 2.05) is 0 Å². The lowest BCUT2D eigenvalue weighted by Crippen LogP contribution is -2.60. The first-order chi connectivity index (χ1) is 23.6. The van der Waals surface area contributed by atoms with E-state index < -0.39 is 119 Å². The van der Waals surface area contributed by atoms with E-state index in [0.717, 1.165) is 32.0 Å². The molecule has 2 aromatic rings. The van der Waals surface area contributed by atoms with Gasteiger partial charge >= 0.3 is 23.7 Å². The van der Waals surface area contributed by atoms with E-state index in [4.69, 9.17) is 9.52 Å². The van der Waals surface area contributed by atoms with E-state index in [2.05, 4.69) is 26.6 Å². The van der Waals surface area contributed by atoms with Crippen molar-refractivity contribution >= 4 is 58.1 Å². The standard InChI is InChI=1S/C31H38F3N5O12/c1-13(2)9-20(35-15(4)41)29(49)37-19(7-8-23(42)43)27(47)39-26(14(3)40)30(50)38-21(12-24(44)45)28(48)36-16-5-6-17-18(31(32,33)34)11-25(46)51-22(17)10-16/h5-6,10-11,13-14,19-21,26,40H,7-9,12H2,1-4H3,(H,35,41)(H,36,48)(H,37,49)(H,38,50)(H,39,47)(H,42,43)(H,44,45)/t14-,19-,20-,21+,26+/m1/s1. The van der Waals surface area contributed by atoms with E-state index in [-0.39, 0.29) is 24.1 Å². The lowest BCUT2D eigenvalue weighted by molar-refractivity contribution is -0.141. The van der Waals surface area contributed by atoms with Crippen molar-refractivity contribution in [3.63, 3.8) is 0 Å². The number of anilines is 1. The molecule has 0 spiro atoms. The minimum atomic E-state index is -4.92. The number of carboxylic acid groups (broad SMARTS) is 2. The lowest BCUT2D eigenvalue weighted by atomic mass is 10.0. The number of hydrogen-bond donors (Lipinski definition) is 8. The first kappa shape index (κ1) is 41.6. The molecule has 51 heavy (non-hydrogen) atoms. The van der Waals surface area contributed by atoms with Gasteiger partial charge in [-0.1, -0.05) is 13.8 Å². The number of aliphatic hydroxyl groups is 1. The average Bonchev–Trinajstić information content (AvgIpc) is 2.98. The van der Waals surface area contributed by atoms with Crippen molar-refractivity contribution in [2.75, 3.05) is 5.32 Å². The normalized spacial score (nSPS) is 14.4. The smallest absolute Gasteiger partial charge is 0.417 e. The Hall–Kier alpha value is -5.53. The van der Waals surface area contributed by atoms with Crippen molar-refractivity contribution in [1.29, 1.82) is 0 Å². The topological polar surface area (TPSA) is 271 Å². The quantitative estimate of drug-likeness (QED) is 0.103. The van der Waals surface area contributed by atoms with Crippen LogP contribution in [0.15, 0.2) is 33.5 Å². The van der Waals surface area contributed by atoms with Crippen molar-refractivity contribution in [3.8, 4) is 0 Å². The van der Waals surface area contributed by atoms with Crippen LogP contribution < -0.4 is 32.2 Å². The Kier molecular flexibility index (Phi) is 14.6. The summed E-state index contributed by atoms with van der Waals surface area (Å²) in [7, 11) is 0.